The van der Waals surface area contributed by atoms with Crippen molar-refractivity contribution in [3.8, 4) is 5.75 Å². The van der Waals surface area contributed by atoms with Gasteiger partial charge in [0, 0.05) is 24.5 Å². The van der Waals surface area contributed by atoms with Crippen LogP contribution in [-0.4, -0.2) is 66.6 Å². The van der Waals surface area contributed by atoms with E-state index in [1.165, 1.54) is 9.47 Å². The molecule has 0 aliphatic heterocycles. The van der Waals surface area contributed by atoms with Gasteiger partial charge in [-0.15, -0.1) is 0 Å². The van der Waals surface area contributed by atoms with Crippen molar-refractivity contribution < 1.29 is 38.1 Å². The average molecular weight is 726 g/mol. The Hall–Kier alpha value is -5.58. The molecule has 0 fully saturated rings. The molecule has 282 valence electrons. The molecule has 0 spiro atoms. The zero-order chi connectivity index (χ0) is 38.9. The SMILES string of the molecule is CCOC(=O)Cc1c(C=CCc2cccc(CC(NC(=O)OC(C)(C)C)C(=O)N(C)c3ccc(OC)cc3)c2)n(C(=O)OC(C)(C)C)c2ccccc12. The van der Waals surface area contributed by atoms with E-state index < -0.39 is 35.4 Å². The lowest BCUT2D eigenvalue weighted by molar-refractivity contribution is -0.142. The second kappa shape index (κ2) is 17.3. The van der Waals surface area contributed by atoms with Crippen LogP contribution in [0.3, 0.4) is 0 Å². The fourth-order valence-electron chi connectivity index (χ4n) is 5.79. The molecular formula is C42H51N3O8. The van der Waals surface area contributed by atoms with Crippen LogP contribution >= 0.6 is 0 Å². The van der Waals surface area contributed by atoms with Gasteiger partial charge in [0.25, 0.3) is 0 Å². The number of esters is 1. The number of anilines is 1. The van der Waals surface area contributed by atoms with Crippen molar-refractivity contribution in [2.75, 3.05) is 25.7 Å². The van der Waals surface area contributed by atoms with Crippen molar-refractivity contribution in [1.82, 2.24) is 9.88 Å². The van der Waals surface area contributed by atoms with E-state index in [9.17, 15) is 19.2 Å². The van der Waals surface area contributed by atoms with Crippen molar-refractivity contribution in [2.24, 2.45) is 0 Å². The molecule has 11 heteroatoms. The van der Waals surface area contributed by atoms with E-state index in [0.29, 0.717) is 34.6 Å². The van der Waals surface area contributed by atoms with Crippen LogP contribution < -0.4 is 15.0 Å². The Labute approximate surface area is 311 Å². The second-order valence-electron chi connectivity index (χ2n) is 14.6. The molecule has 1 unspecified atom stereocenters. The van der Waals surface area contributed by atoms with Crippen LogP contribution in [0.1, 0.15) is 70.9 Å². The summed E-state index contributed by atoms with van der Waals surface area (Å²) in [5, 5.41) is 3.53. The summed E-state index contributed by atoms with van der Waals surface area (Å²) in [6.07, 6.45) is 3.13. The highest BCUT2D eigenvalue weighted by atomic mass is 16.6. The van der Waals surface area contributed by atoms with Gasteiger partial charge in [-0.1, -0.05) is 48.5 Å². The number of methoxy groups -OCH3 is 1. The van der Waals surface area contributed by atoms with Gasteiger partial charge < -0.3 is 29.2 Å². The van der Waals surface area contributed by atoms with E-state index in [2.05, 4.69) is 5.32 Å². The first-order valence-corrected chi connectivity index (χ1v) is 17.7. The van der Waals surface area contributed by atoms with Crippen molar-refractivity contribution in [3.05, 3.63) is 101 Å². The molecule has 1 N–H and O–H groups in total. The number of hydrogen-bond donors (Lipinski definition) is 1. The van der Waals surface area contributed by atoms with Crippen molar-refractivity contribution >= 4 is 46.7 Å². The van der Waals surface area contributed by atoms with E-state index >= 15 is 0 Å². The van der Waals surface area contributed by atoms with E-state index in [1.807, 2.05) is 60.7 Å². The van der Waals surface area contributed by atoms with Crippen LogP contribution in [0.4, 0.5) is 15.3 Å². The number of rotatable bonds is 12. The number of amides is 2. The minimum atomic E-state index is -0.933. The summed E-state index contributed by atoms with van der Waals surface area (Å²) in [6, 6.07) is 21.3. The predicted octanol–water partition coefficient (Wildman–Crippen LogP) is 7.89. The smallest absolute Gasteiger partial charge is 0.419 e. The lowest BCUT2D eigenvalue weighted by atomic mass is 10.0. The molecule has 1 atom stereocenters. The van der Waals surface area contributed by atoms with Crippen molar-refractivity contribution in [1.29, 1.82) is 0 Å². The van der Waals surface area contributed by atoms with Gasteiger partial charge in [0.15, 0.2) is 0 Å². The Morgan fingerprint density at radius 2 is 1.53 bits per heavy atom. The van der Waals surface area contributed by atoms with Crippen LogP contribution in [0.2, 0.25) is 0 Å². The Kier molecular flexibility index (Phi) is 13.1. The van der Waals surface area contributed by atoms with Gasteiger partial charge in [-0.3, -0.25) is 9.59 Å². The molecule has 1 heterocycles. The highest BCUT2D eigenvalue weighted by Gasteiger charge is 2.29. The van der Waals surface area contributed by atoms with Crippen LogP contribution in [0.25, 0.3) is 17.0 Å². The molecule has 2 amide bonds. The average Bonchev–Trinajstić information content (AvgIpc) is 3.38. The molecule has 1 aromatic heterocycles. The number of carbonyl (C=O) groups is 4. The number of carbonyl (C=O) groups excluding carboxylic acids is 4. The maximum Gasteiger partial charge on any atom is 0.419 e. The third-order valence-electron chi connectivity index (χ3n) is 8.06. The fourth-order valence-corrected chi connectivity index (χ4v) is 5.79. The third kappa shape index (κ3) is 11.2. The number of hydrogen-bond acceptors (Lipinski definition) is 8. The quantitative estimate of drug-likeness (QED) is 0.116. The van der Waals surface area contributed by atoms with Crippen LogP contribution in [0.5, 0.6) is 5.75 Å². The van der Waals surface area contributed by atoms with Gasteiger partial charge in [-0.05, 0) is 108 Å². The normalized spacial score (nSPS) is 12.3. The molecule has 4 aromatic rings. The monoisotopic (exact) mass is 725 g/mol. The number of aromatic nitrogens is 1. The fraction of sp³-hybridized carbons (Fsp3) is 0.381. The lowest BCUT2D eigenvalue weighted by Crippen LogP contribution is -2.50. The van der Waals surface area contributed by atoms with E-state index in [0.717, 1.165) is 16.5 Å². The number of ether oxygens (including phenoxy) is 4. The molecule has 53 heavy (non-hydrogen) atoms. The van der Waals surface area contributed by atoms with E-state index in [-0.39, 0.29) is 25.4 Å². The van der Waals surface area contributed by atoms with Crippen LogP contribution in [-0.2, 0) is 43.1 Å². The molecular weight excluding hydrogens is 674 g/mol. The molecule has 0 saturated carbocycles. The van der Waals surface area contributed by atoms with Gasteiger partial charge in [0.2, 0.25) is 5.91 Å². The van der Waals surface area contributed by atoms with Crippen LogP contribution in [0, 0.1) is 0 Å². The molecule has 3 aromatic carbocycles. The van der Waals surface area contributed by atoms with Gasteiger partial charge in [-0.25, -0.2) is 14.2 Å². The summed E-state index contributed by atoms with van der Waals surface area (Å²) in [5.74, 6) is -0.0653. The first-order chi connectivity index (χ1) is 25.0. The number of likely N-dealkylation sites (N-methyl/N-ethyl adjacent to an activating group) is 1. The first kappa shape index (κ1) is 40.2. The van der Waals surface area contributed by atoms with Crippen LogP contribution in [0.15, 0.2) is 78.9 Å². The minimum absolute atomic E-state index is 0.0235. The Morgan fingerprint density at radius 1 is 0.868 bits per heavy atom. The number of benzene rings is 3. The molecule has 0 bridgehead atoms. The van der Waals surface area contributed by atoms with E-state index in [4.69, 9.17) is 18.9 Å². The van der Waals surface area contributed by atoms with Gasteiger partial charge in [0.05, 0.1) is 31.3 Å². The first-order valence-electron chi connectivity index (χ1n) is 17.7. The molecule has 0 radical (unpaired) electrons. The van der Waals surface area contributed by atoms with Crippen molar-refractivity contribution in [2.45, 2.75) is 85.0 Å². The summed E-state index contributed by atoms with van der Waals surface area (Å²) in [7, 11) is 3.23. The number of fused-ring (bicyclic) bond motifs is 1. The highest BCUT2D eigenvalue weighted by molar-refractivity contribution is 5.99. The standard InChI is InChI=1S/C42H51N3O8/c1-10-51-37(46)27-33-32-18-11-12-19-35(32)45(40(49)53-42(5,6)7)36(33)20-14-16-28-15-13-17-29(25-28)26-34(43-39(48)52-41(2,3)4)38(47)44(8)30-21-23-31(50-9)24-22-30/h11-15,17-25,34H,10,16,26-27H2,1-9H3,(H,43,48). The molecule has 0 saturated heterocycles. The Morgan fingerprint density at radius 3 is 2.17 bits per heavy atom. The highest BCUT2D eigenvalue weighted by Crippen LogP contribution is 2.30. The van der Waals surface area contributed by atoms with Gasteiger partial charge in [-0.2, -0.15) is 0 Å². The molecule has 0 aliphatic rings. The zero-order valence-corrected chi connectivity index (χ0v) is 32.1. The van der Waals surface area contributed by atoms with E-state index in [1.54, 1.807) is 86.9 Å². The number of nitrogens with zero attached hydrogens (tertiary/aromatic N) is 2. The largest absolute Gasteiger partial charge is 0.497 e. The molecule has 4 rings (SSSR count). The summed E-state index contributed by atoms with van der Waals surface area (Å²) in [5.41, 5.74) is 2.69. The summed E-state index contributed by atoms with van der Waals surface area (Å²) in [4.78, 5) is 54.6. The maximum atomic E-state index is 13.9. The topological polar surface area (TPSA) is 125 Å². The number of allylic oxidation sites excluding steroid dienone is 1. The zero-order valence-electron chi connectivity index (χ0n) is 32.1. The van der Waals surface area contributed by atoms with Crippen molar-refractivity contribution in [3.63, 3.8) is 0 Å². The Bertz CT molecular complexity index is 1950. The summed E-state index contributed by atoms with van der Waals surface area (Å²) in [6.45, 7) is 12.7. The minimum Gasteiger partial charge on any atom is -0.497 e. The number of nitrogens with one attached hydrogen (secondary N) is 1. The summed E-state index contributed by atoms with van der Waals surface area (Å²) < 4.78 is 23.3. The number of para-hydroxylation sites is 1. The second-order valence-corrected chi connectivity index (χ2v) is 14.6. The maximum absolute atomic E-state index is 13.9. The van der Waals surface area contributed by atoms with Gasteiger partial charge >= 0.3 is 18.2 Å². The predicted molar refractivity (Wildman–Crippen MR) is 206 cm³/mol. The molecule has 0 aliphatic carbocycles. The Balaban J connectivity index is 1.64. The third-order valence-corrected chi connectivity index (χ3v) is 8.06. The number of alkyl carbamates (subject to hydrolysis) is 1. The lowest BCUT2D eigenvalue weighted by Gasteiger charge is -2.27. The molecule has 11 nitrogen and oxygen atoms in total. The van der Waals surface area contributed by atoms with Gasteiger partial charge in [0.1, 0.15) is 23.0 Å². The summed E-state index contributed by atoms with van der Waals surface area (Å²) >= 11 is 0.